The minimum Gasteiger partial charge on any atom is -0.361 e. The van der Waals surface area contributed by atoms with Gasteiger partial charge >= 0.3 is 0 Å². The minimum absolute atomic E-state index is 0.213. The third kappa shape index (κ3) is 5.01. The first kappa shape index (κ1) is 17.4. The average molecular weight is 354 g/mol. The van der Waals surface area contributed by atoms with Crippen LogP contribution in [-0.2, 0) is 10.5 Å². The first-order chi connectivity index (χ1) is 11.0. The molecule has 0 aliphatic heterocycles. The molecule has 8 heteroatoms. The topological polar surface area (TPSA) is 84.2 Å². The molecule has 0 aliphatic carbocycles. The maximum Gasteiger partial charge on any atom is 0.269 e. The standard InChI is InChI=1S/C15H16ClN3O3S/c1-9-13(10(2)22-19-9)7-23-8-14(20)17-18-15(21)11-3-5-12(16)6-4-11/h3-6H,7-8H2,1-2H3,(H,17,20)(H,18,21). The number of hydrazine groups is 1. The summed E-state index contributed by atoms with van der Waals surface area (Å²) in [6, 6.07) is 6.38. The Hall–Kier alpha value is -1.99. The molecule has 1 aromatic heterocycles. The molecule has 6 nitrogen and oxygen atoms in total. The molecular weight excluding hydrogens is 338 g/mol. The molecule has 0 spiro atoms. The Morgan fingerprint density at radius 1 is 1.22 bits per heavy atom. The number of amides is 2. The van der Waals surface area contributed by atoms with E-state index in [9.17, 15) is 9.59 Å². The molecule has 0 fully saturated rings. The summed E-state index contributed by atoms with van der Waals surface area (Å²) in [7, 11) is 0. The Morgan fingerprint density at radius 2 is 1.91 bits per heavy atom. The van der Waals surface area contributed by atoms with Crippen LogP contribution in [0.15, 0.2) is 28.8 Å². The van der Waals surface area contributed by atoms with Crippen molar-refractivity contribution in [3.63, 3.8) is 0 Å². The highest BCUT2D eigenvalue weighted by atomic mass is 35.5. The van der Waals surface area contributed by atoms with Crippen molar-refractivity contribution < 1.29 is 14.1 Å². The van der Waals surface area contributed by atoms with E-state index >= 15 is 0 Å². The van der Waals surface area contributed by atoms with Gasteiger partial charge in [0.2, 0.25) is 5.91 Å². The molecule has 0 aliphatic rings. The summed E-state index contributed by atoms with van der Waals surface area (Å²) >= 11 is 7.17. The van der Waals surface area contributed by atoms with Gasteiger partial charge in [-0.1, -0.05) is 16.8 Å². The number of benzene rings is 1. The van der Waals surface area contributed by atoms with Crippen LogP contribution in [0.2, 0.25) is 5.02 Å². The van der Waals surface area contributed by atoms with Gasteiger partial charge in [0.15, 0.2) is 0 Å². The fraction of sp³-hybridized carbons (Fsp3) is 0.267. The van der Waals surface area contributed by atoms with Crippen molar-refractivity contribution in [2.45, 2.75) is 19.6 Å². The number of rotatable bonds is 5. The number of carbonyl (C=O) groups is 2. The van der Waals surface area contributed by atoms with Crippen LogP contribution >= 0.6 is 23.4 Å². The van der Waals surface area contributed by atoms with E-state index in [4.69, 9.17) is 16.1 Å². The molecule has 0 bridgehead atoms. The SMILES string of the molecule is Cc1noc(C)c1CSCC(=O)NNC(=O)c1ccc(Cl)cc1. The first-order valence-corrected chi connectivity index (χ1v) is 8.35. The lowest BCUT2D eigenvalue weighted by Gasteiger charge is -2.07. The highest BCUT2D eigenvalue weighted by Gasteiger charge is 2.11. The summed E-state index contributed by atoms with van der Waals surface area (Å²) < 4.78 is 5.06. The molecule has 122 valence electrons. The fourth-order valence-electron chi connectivity index (χ4n) is 1.79. The molecule has 2 aromatic rings. The molecule has 23 heavy (non-hydrogen) atoms. The van der Waals surface area contributed by atoms with Crippen LogP contribution in [0.5, 0.6) is 0 Å². The Labute approximate surface area is 142 Å². The largest absolute Gasteiger partial charge is 0.361 e. The van der Waals surface area contributed by atoms with Crippen molar-refractivity contribution in [1.29, 1.82) is 0 Å². The highest BCUT2D eigenvalue weighted by Crippen LogP contribution is 2.19. The van der Waals surface area contributed by atoms with Crippen molar-refractivity contribution in [1.82, 2.24) is 16.0 Å². The molecular formula is C15H16ClN3O3S. The predicted octanol–water partition coefficient (Wildman–Crippen LogP) is 2.64. The molecule has 1 heterocycles. The Kier molecular flexibility index (Phi) is 6.06. The van der Waals surface area contributed by atoms with Gasteiger partial charge < -0.3 is 4.52 Å². The van der Waals surface area contributed by atoms with E-state index in [-0.39, 0.29) is 11.7 Å². The van der Waals surface area contributed by atoms with Crippen LogP contribution in [0.1, 0.15) is 27.4 Å². The van der Waals surface area contributed by atoms with Crippen LogP contribution in [-0.4, -0.2) is 22.7 Å². The molecule has 2 N–H and O–H groups in total. The molecule has 1 aromatic carbocycles. The van der Waals surface area contributed by atoms with E-state index < -0.39 is 5.91 Å². The molecule has 0 saturated heterocycles. The van der Waals surface area contributed by atoms with Gasteiger partial charge in [0.05, 0.1) is 11.4 Å². The number of hydrogen-bond acceptors (Lipinski definition) is 5. The van der Waals surface area contributed by atoms with E-state index in [1.807, 2.05) is 13.8 Å². The van der Waals surface area contributed by atoms with Crippen LogP contribution in [0.3, 0.4) is 0 Å². The molecule has 0 unspecified atom stereocenters. The third-order valence-corrected chi connectivity index (χ3v) is 4.29. The van der Waals surface area contributed by atoms with Gasteiger partial charge in [-0.3, -0.25) is 20.4 Å². The highest BCUT2D eigenvalue weighted by molar-refractivity contribution is 7.99. The van der Waals surface area contributed by atoms with Gasteiger partial charge in [-0.15, -0.1) is 11.8 Å². The van der Waals surface area contributed by atoms with Gasteiger partial charge in [0.25, 0.3) is 5.91 Å². The number of aromatic nitrogens is 1. The van der Waals surface area contributed by atoms with E-state index in [0.29, 0.717) is 16.3 Å². The van der Waals surface area contributed by atoms with Gasteiger partial charge in [0.1, 0.15) is 5.76 Å². The molecule has 0 radical (unpaired) electrons. The second-order valence-corrected chi connectivity index (χ2v) is 6.23. The molecule has 2 rings (SSSR count). The fourth-order valence-corrected chi connectivity index (χ4v) is 2.89. The molecule has 0 saturated carbocycles. The second-order valence-electron chi connectivity index (χ2n) is 4.80. The van der Waals surface area contributed by atoms with Gasteiger partial charge in [-0.25, -0.2) is 0 Å². The number of aryl methyl sites for hydroxylation is 2. The zero-order valence-electron chi connectivity index (χ0n) is 12.7. The smallest absolute Gasteiger partial charge is 0.269 e. The minimum atomic E-state index is -0.397. The predicted molar refractivity (Wildman–Crippen MR) is 89.2 cm³/mol. The van der Waals surface area contributed by atoms with E-state index in [2.05, 4.69) is 16.0 Å². The summed E-state index contributed by atoms with van der Waals surface area (Å²) in [4.78, 5) is 23.5. The number of carbonyl (C=O) groups excluding carboxylic acids is 2. The number of hydrogen-bond donors (Lipinski definition) is 2. The molecule has 2 amide bonds. The monoisotopic (exact) mass is 353 g/mol. The van der Waals surface area contributed by atoms with Crippen LogP contribution < -0.4 is 10.9 Å². The average Bonchev–Trinajstić information content (AvgIpc) is 2.85. The van der Waals surface area contributed by atoms with Crippen molar-refractivity contribution in [2.24, 2.45) is 0 Å². The van der Waals surface area contributed by atoms with Crippen molar-refractivity contribution in [3.05, 3.63) is 51.9 Å². The van der Waals surface area contributed by atoms with Gasteiger partial charge in [0, 0.05) is 21.9 Å². The lowest BCUT2D eigenvalue weighted by Crippen LogP contribution is -2.42. The summed E-state index contributed by atoms with van der Waals surface area (Å²) in [6.07, 6.45) is 0. The maximum absolute atomic E-state index is 11.8. The summed E-state index contributed by atoms with van der Waals surface area (Å²) in [6.45, 7) is 3.70. The van der Waals surface area contributed by atoms with Crippen molar-refractivity contribution in [2.75, 3.05) is 5.75 Å². The van der Waals surface area contributed by atoms with Crippen LogP contribution in [0.25, 0.3) is 0 Å². The van der Waals surface area contributed by atoms with Crippen molar-refractivity contribution >= 4 is 35.2 Å². The van der Waals surface area contributed by atoms with Gasteiger partial charge in [-0.05, 0) is 38.1 Å². The lowest BCUT2D eigenvalue weighted by atomic mass is 10.2. The second kappa shape index (κ2) is 8.03. The van der Waals surface area contributed by atoms with E-state index in [0.717, 1.165) is 17.0 Å². The number of nitrogens with one attached hydrogen (secondary N) is 2. The number of thioether (sulfide) groups is 1. The summed E-state index contributed by atoms with van der Waals surface area (Å²) in [5, 5.41) is 4.40. The first-order valence-electron chi connectivity index (χ1n) is 6.81. The normalized spacial score (nSPS) is 10.4. The Bertz CT molecular complexity index is 681. The number of halogens is 1. The quantitative estimate of drug-likeness (QED) is 0.807. The van der Waals surface area contributed by atoms with E-state index in [1.165, 1.54) is 11.8 Å². The van der Waals surface area contributed by atoms with Crippen LogP contribution in [0, 0.1) is 13.8 Å². The zero-order valence-corrected chi connectivity index (χ0v) is 14.3. The summed E-state index contributed by atoms with van der Waals surface area (Å²) in [5.41, 5.74) is 6.97. The van der Waals surface area contributed by atoms with Crippen LogP contribution in [0.4, 0.5) is 0 Å². The summed E-state index contributed by atoms with van der Waals surface area (Å²) in [5.74, 6) is 0.909. The van der Waals surface area contributed by atoms with Gasteiger partial charge in [-0.2, -0.15) is 0 Å². The maximum atomic E-state index is 11.8. The zero-order chi connectivity index (χ0) is 16.8. The molecule has 0 atom stereocenters. The lowest BCUT2D eigenvalue weighted by molar-refractivity contribution is -0.119. The number of nitrogens with zero attached hydrogens (tertiary/aromatic N) is 1. The Balaban J connectivity index is 1.73. The van der Waals surface area contributed by atoms with Crippen molar-refractivity contribution in [3.8, 4) is 0 Å². The Morgan fingerprint density at radius 3 is 2.52 bits per heavy atom. The van der Waals surface area contributed by atoms with E-state index in [1.54, 1.807) is 24.3 Å². The third-order valence-electron chi connectivity index (χ3n) is 3.08.